The minimum atomic E-state index is -0.129. The number of benzene rings is 3. The fourth-order valence-corrected chi connectivity index (χ4v) is 4.65. The molecule has 1 amide bonds. The van der Waals surface area contributed by atoms with E-state index >= 15 is 0 Å². The van der Waals surface area contributed by atoms with Crippen LogP contribution < -0.4 is 10.0 Å². The molecule has 1 heterocycles. The average Bonchev–Trinajstić information content (AvgIpc) is 2.80. The summed E-state index contributed by atoms with van der Waals surface area (Å²) < 4.78 is 10.9. The highest BCUT2D eigenvalue weighted by Crippen LogP contribution is 2.26. The number of hydrogen-bond donors (Lipinski definition) is 2. The van der Waals surface area contributed by atoms with Gasteiger partial charge in [0.1, 0.15) is 0 Å². The van der Waals surface area contributed by atoms with Crippen molar-refractivity contribution >= 4 is 52.8 Å². The highest BCUT2D eigenvalue weighted by atomic mass is 35.5. The first-order chi connectivity index (χ1) is 15.2. The molecule has 4 rings (SSSR count). The van der Waals surface area contributed by atoms with E-state index in [1.54, 1.807) is 11.9 Å². The zero-order valence-corrected chi connectivity index (χ0v) is 19.1. The van der Waals surface area contributed by atoms with Gasteiger partial charge in [-0.15, -0.1) is 0 Å². The number of ether oxygens (including phenoxy) is 1. The molecule has 0 aromatic heterocycles. The summed E-state index contributed by atoms with van der Waals surface area (Å²) in [5.74, 6) is -0.129. The van der Waals surface area contributed by atoms with Crippen molar-refractivity contribution < 1.29 is 9.53 Å². The zero-order chi connectivity index (χ0) is 21.5. The maximum Gasteiger partial charge on any atom is 0.255 e. The van der Waals surface area contributed by atoms with Gasteiger partial charge in [0.25, 0.3) is 5.91 Å². The molecule has 0 unspecified atom stereocenters. The highest BCUT2D eigenvalue weighted by Gasteiger charge is 2.12. The van der Waals surface area contributed by atoms with E-state index in [2.05, 4.69) is 20.4 Å². The molecule has 2 N–H and O–H groups in total. The maximum atomic E-state index is 12.7. The third-order valence-corrected chi connectivity index (χ3v) is 6.73. The number of morpholine rings is 1. The molecule has 1 aliphatic heterocycles. The van der Waals surface area contributed by atoms with Gasteiger partial charge in [0.15, 0.2) is 0 Å². The van der Waals surface area contributed by atoms with E-state index < -0.39 is 0 Å². The molecule has 0 saturated carbocycles. The van der Waals surface area contributed by atoms with Gasteiger partial charge in [0, 0.05) is 44.8 Å². The lowest BCUT2D eigenvalue weighted by Crippen LogP contribution is -2.30. The molecule has 8 heteroatoms. The first-order valence-corrected chi connectivity index (χ1v) is 11.8. The molecule has 5 nitrogen and oxygen atoms in total. The second-order valence-electron chi connectivity index (χ2n) is 6.85. The van der Waals surface area contributed by atoms with Crippen LogP contribution in [0.4, 0.5) is 11.4 Å². The molecule has 0 bridgehead atoms. The number of anilines is 2. The first-order valence-electron chi connectivity index (χ1n) is 9.86. The van der Waals surface area contributed by atoms with Crippen molar-refractivity contribution in [3.63, 3.8) is 0 Å². The topological polar surface area (TPSA) is 53.6 Å². The van der Waals surface area contributed by atoms with Crippen molar-refractivity contribution in [2.45, 2.75) is 9.79 Å². The smallest absolute Gasteiger partial charge is 0.255 e. The van der Waals surface area contributed by atoms with E-state index in [0.717, 1.165) is 47.5 Å². The lowest BCUT2D eigenvalue weighted by Gasteiger charge is -2.25. The third-order valence-electron chi connectivity index (χ3n) is 4.54. The summed E-state index contributed by atoms with van der Waals surface area (Å²) in [5.41, 5.74) is 2.36. The Labute approximate surface area is 195 Å². The lowest BCUT2D eigenvalue weighted by atomic mass is 10.2. The summed E-state index contributed by atoms with van der Waals surface area (Å²) in [4.78, 5) is 14.8. The molecule has 31 heavy (non-hydrogen) atoms. The Morgan fingerprint density at radius 3 is 2.39 bits per heavy atom. The maximum absolute atomic E-state index is 12.7. The number of halogens is 1. The van der Waals surface area contributed by atoms with Gasteiger partial charge < -0.3 is 14.8 Å². The van der Waals surface area contributed by atoms with Crippen molar-refractivity contribution in [2.75, 3.05) is 36.3 Å². The Balaban J connectivity index is 1.32. The predicted octanol–water partition coefficient (Wildman–Crippen LogP) is 6.05. The number of rotatable bonds is 7. The normalized spacial score (nSPS) is 14.2. The van der Waals surface area contributed by atoms with E-state index in [9.17, 15) is 4.79 Å². The summed E-state index contributed by atoms with van der Waals surface area (Å²) in [6.45, 7) is 3.32. The molecule has 0 aliphatic carbocycles. The van der Waals surface area contributed by atoms with Crippen LogP contribution in [0.15, 0.2) is 82.6 Å². The van der Waals surface area contributed by atoms with Gasteiger partial charge in [-0.3, -0.25) is 4.79 Å². The average molecular weight is 472 g/mol. The number of hydrogen-bond acceptors (Lipinski definition) is 6. The van der Waals surface area contributed by atoms with Gasteiger partial charge in [0.2, 0.25) is 0 Å². The van der Waals surface area contributed by atoms with E-state index in [-0.39, 0.29) is 5.91 Å². The van der Waals surface area contributed by atoms with Crippen molar-refractivity contribution in [1.29, 1.82) is 0 Å². The van der Waals surface area contributed by atoms with Gasteiger partial charge >= 0.3 is 0 Å². The van der Waals surface area contributed by atoms with Crippen LogP contribution in [0.25, 0.3) is 0 Å². The van der Waals surface area contributed by atoms with Crippen LogP contribution in [0, 0.1) is 0 Å². The summed E-state index contributed by atoms with van der Waals surface area (Å²) in [6.07, 6.45) is 0. The number of nitrogens with zero attached hydrogens (tertiary/aromatic N) is 1. The summed E-state index contributed by atoms with van der Waals surface area (Å²) in [5, 5.41) is 3.69. The lowest BCUT2D eigenvalue weighted by molar-refractivity contribution is 0.0773. The van der Waals surface area contributed by atoms with Crippen LogP contribution in [0.2, 0.25) is 5.02 Å². The SMILES string of the molecule is O=C(Nc1cccc(SN2CCOCC2)c1)c1ccc(SNc2ccc(Cl)cc2)cc1. The Hall–Kier alpha value is -2.16. The second kappa shape index (κ2) is 10.9. The van der Waals surface area contributed by atoms with Gasteiger partial charge in [-0.2, -0.15) is 0 Å². The molecule has 1 fully saturated rings. The number of carbonyl (C=O) groups is 1. The molecular weight excluding hydrogens is 450 g/mol. The Bertz CT molecular complexity index is 1010. The molecule has 1 saturated heterocycles. The fourth-order valence-electron chi connectivity index (χ4n) is 2.93. The van der Waals surface area contributed by atoms with Crippen LogP contribution in [0.3, 0.4) is 0 Å². The van der Waals surface area contributed by atoms with Crippen molar-refractivity contribution in [3.05, 3.63) is 83.4 Å². The summed E-state index contributed by atoms with van der Waals surface area (Å²) in [6, 6.07) is 22.9. The van der Waals surface area contributed by atoms with Gasteiger partial charge in [-0.05, 0) is 90.6 Å². The van der Waals surface area contributed by atoms with E-state index in [4.69, 9.17) is 16.3 Å². The minimum absolute atomic E-state index is 0.129. The number of carbonyl (C=O) groups excluding carboxylic acids is 1. The monoisotopic (exact) mass is 471 g/mol. The highest BCUT2D eigenvalue weighted by molar-refractivity contribution is 8.00. The van der Waals surface area contributed by atoms with Gasteiger partial charge in [-0.25, -0.2) is 4.31 Å². The van der Waals surface area contributed by atoms with Crippen LogP contribution >= 0.6 is 35.5 Å². The van der Waals surface area contributed by atoms with Crippen molar-refractivity contribution in [3.8, 4) is 0 Å². The quantitative estimate of drug-likeness (QED) is 0.409. The molecule has 3 aromatic carbocycles. The van der Waals surface area contributed by atoms with E-state index in [0.29, 0.717) is 10.6 Å². The first kappa shape index (κ1) is 22.0. The fraction of sp³-hybridized carbons (Fsp3) is 0.174. The molecule has 160 valence electrons. The van der Waals surface area contributed by atoms with Crippen LogP contribution in [-0.4, -0.2) is 36.5 Å². The largest absolute Gasteiger partial charge is 0.379 e. The number of amides is 1. The molecule has 0 atom stereocenters. The molecule has 0 spiro atoms. The predicted molar refractivity (Wildman–Crippen MR) is 130 cm³/mol. The van der Waals surface area contributed by atoms with Crippen LogP contribution in [-0.2, 0) is 4.74 Å². The minimum Gasteiger partial charge on any atom is -0.379 e. The number of nitrogens with one attached hydrogen (secondary N) is 2. The van der Waals surface area contributed by atoms with Crippen LogP contribution in [0.1, 0.15) is 10.4 Å². The van der Waals surface area contributed by atoms with E-state index in [1.807, 2.05) is 66.7 Å². The summed E-state index contributed by atoms with van der Waals surface area (Å²) in [7, 11) is 0. The molecule has 0 radical (unpaired) electrons. The molecular formula is C23H22ClN3O2S2. The van der Waals surface area contributed by atoms with Crippen molar-refractivity contribution in [2.24, 2.45) is 0 Å². The van der Waals surface area contributed by atoms with Crippen molar-refractivity contribution in [1.82, 2.24) is 4.31 Å². The Kier molecular flexibility index (Phi) is 7.77. The third kappa shape index (κ3) is 6.66. The molecule has 3 aromatic rings. The zero-order valence-electron chi connectivity index (χ0n) is 16.7. The van der Waals surface area contributed by atoms with E-state index in [1.165, 1.54) is 11.9 Å². The Morgan fingerprint density at radius 1 is 0.903 bits per heavy atom. The Morgan fingerprint density at radius 2 is 1.65 bits per heavy atom. The van der Waals surface area contributed by atoms with Crippen LogP contribution in [0.5, 0.6) is 0 Å². The van der Waals surface area contributed by atoms with Gasteiger partial charge in [0.05, 0.1) is 13.2 Å². The standard InChI is InChI=1S/C23H22ClN3O2S2/c24-18-6-8-19(9-7-18)26-30-21-10-4-17(5-11-21)23(28)25-20-2-1-3-22(16-20)31-27-12-14-29-15-13-27/h1-11,16,26H,12-15H2,(H,25,28). The summed E-state index contributed by atoms with van der Waals surface area (Å²) >= 11 is 9.08. The second-order valence-corrected chi connectivity index (χ2v) is 9.34. The molecule has 1 aliphatic rings. The van der Waals surface area contributed by atoms with Gasteiger partial charge in [-0.1, -0.05) is 17.7 Å².